The summed E-state index contributed by atoms with van der Waals surface area (Å²) in [6.07, 6.45) is 1.12. The molecule has 0 bridgehead atoms. The predicted octanol–water partition coefficient (Wildman–Crippen LogP) is 1.74. The zero-order chi connectivity index (χ0) is 14.5. The van der Waals surface area contributed by atoms with Crippen molar-refractivity contribution in [2.45, 2.75) is 44.8 Å². The standard InChI is InChI=1S/C16H19NO3/c1-10-3-5-12(6-4-10)16(20)9-11(2)15(16)17-13(18)7-8-14(17)19/h3-6,11,15,20H,7-9H2,1-2H3. The molecule has 1 heterocycles. The van der Waals surface area contributed by atoms with Crippen molar-refractivity contribution in [2.75, 3.05) is 0 Å². The van der Waals surface area contributed by atoms with Crippen LogP contribution in [0.5, 0.6) is 0 Å². The van der Waals surface area contributed by atoms with E-state index in [9.17, 15) is 14.7 Å². The summed E-state index contributed by atoms with van der Waals surface area (Å²) >= 11 is 0. The molecule has 2 amide bonds. The van der Waals surface area contributed by atoms with Gasteiger partial charge in [-0.05, 0) is 24.8 Å². The molecular formula is C16H19NO3. The number of benzene rings is 1. The molecule has 2 aliphatic rings. The van der Waals surface area contributed by atoms with Gasteiger partial charge in [0.15, 0.2) is 0 Å². The molecule has 1 N–H and O–H groups in total. The van der Waals surface area contributed by atoms with Crippen molar-refractivity contribution in [3.8, 4) is 0 Å². The van der Waals surface area contributed by atoms with E-state index in [2.05, 4.69) is 0 Å². The lowest BCUT2D eigenvalue weighted by atomic mass is 9.63. The Morgan fingerprint density at radius 2 is 1.70 bits per heavy atom. The van der Waals surface area contributed by atoms with Crippen LogP contribution in [-0.2, 0) is 15.2 Å². The molecule has 0 spiro atoms. The van der Waals surface area contributed by atoms with Gasteiger partial charge >= 0.3 is 0 Å². The van der Waals surface area contributed by atoms with Crippen molar-refractivity contribution in [1.82, 2.24) is 4.90 Å². The topological polar surface area (TPSA) is 57.6 Å². The first-order valence-corrected chi connectivity index (χ1v) is 7.08. The number of hydrogen-bond acceptors (Lipinski definition) is 3. The molecule has 3 unspecified atom stereocenters. The van der Waals surface area contributed by atoms with Crippen molar-refractivity contribution in [3.63, 3.8) is 0 Å². The number of rotatable bonds is 2. The largest absolute Gasteiger partial charge is 0.383 e. The fraction of sp³-hybridized carbons (Fsp3) is 0.500. The lowest BCUT2D eigenvalue weighted by Crippen LogP contribution is -2.64. The minimum atomic E-state index is -1.09. The first-order valence-electron chi connectivity index (χ1n) is 7.08. The molecule has 0 radical (unpaired) electrons. The first-order chi connectivity index (χ1) is 9.43. The maximum absolute atomic E-state index is 11.9. The highest BCUT2D eigenvalue weighted by molar-refractivity contribution is 6.02. The molecular weight excluding hydrogens is 254 g/mol. The van der Waals surface area contributed by atoms with Gasteiger partial charge in [0.1, 0.15) is 5.60 Å². The van der Waals surface area contributed by atoms with E-state index in [1.807, 2.05) is 38.1 Å². The van der Waals surface area contributed by atoms with E-state index < -0.39 is 11.6 Å². The van der Waals surface area contributed by atoms with Gasteiger partial charge in [-0.3, -0.25) is 14.5 Å². The second-order valence-electron chi connectivity index (χ2n) is 6.07. The van der Waals surface area contributed by atoms with E-state index in [1.165, 1.54) is 4.90 Å². The van der Waals surface area contributed by atoms with Crippen LogP contribution in [0.3, 0.4) is 0 Å². The Morgan fingerprint density at radius 1 is 1.15 bits per heavy atom. The average Bonchev–Trinajstić information content (AvgIpc) is 2.71. The molecule has 0 aromatic heterocycles. The Hall–Kier alpha value is -1.68. The van der Waals surface area contributed by atoms with E-state index in [0.717, 1.165) is 11.1 Å². The Labute approximate surface area is 118 Å². The maximum Gasteiger partial charge on any atom is 0.230 e. The number of amides is 2. The molecule has 1 saturated carbocycles. The van der Waals surface area contributed by atoms with Crippen molar-refractivity contribution in [2.24, 2.45) is 5.92 Å². The summed E-state index contributed by atoms with van der Waals surface area (Å²) in [5.41, 5.74) is 0.816. The molecule has 4 heteroatoms. The summed E-state index contributed by atoms with van der Waals surface area (Å²) in [5, 5.41) is 11.0. The van der Waals surface area contributed by atoms with Gasteiger partial charge in [0, 0.05) is 12.8 Å². The third kappa shape index (κ3) is 1.79. The molecule has 1 aromatic carbocycles. The van der Waals surface area contributed by atoms with Crippen molar-refractivity contribution >= 4 is 11.8 Å². The van der Waals surface area contributed by atoms with E-state index in [1.54, 1.807) is 0 Å². The van der Waals surface area contributed by atoms with E-state index in [-0.39, 0.29) is 30.6 Å². The molecule has 2 fully saturated rings. The second-order valence-corrected chi connectivity index (χ2v) is 6.07. The molecule has 3 atom stereocenters. The zero-order valence-corrected chi connectivity index (χ0v) is 11.8. The number of aryl methyl sites for hydroxylation is 1. The molecule has 3 rings (SSSR count). The molecule has 1 saturated heterocycles. The number of carbonyl (C=O) groups excluding carboxylic acids is 2. The van der Waals surface area contributed by atoms with Crippen LogP contribution in [-0.4, -0.2) is 27.9 Å². The number of carbonyl (C=O) groups is 2. The minimum absolute atomic E-state index is 0.132. The van der Waals surface area contributed by atoms with Gasteiger partial charge in [0.25, 0.3) is 0 Å². The van der Waals surface area contributed by atoms with Gasteiger partial charge in [0.2, 0.25) is 11.8 Å². The summed E-state index contributed by atoms with van der Waals surface area (Å²) in [7, 11) is 0. The third-order valence-corrected chi connectivity index (χ3v) is 4.58. The third-order valence-electron chi connectivity index (χ3n) is 4.58. The summed E-state index contributed by atoms with van der Waals surface area (Å²) in [6, 6.07) is 7.24. The van der Waals surface area contributed by atoms with Crippen LogP contribution >= 0.6 is 0 Å². The van der Waals surface area contributed by atoms with Crippen molar-refractivity contribution in [1.29, 1.82) is 0 Å². The molecule has 106 valence electrons. The molecule has 1 aromatic rings. The number of likely N-dealkylation sites (tertiary alicyclic amines) is 1. The Bertz CT molecular complexity index is 550. The lowest BCUT2D eigenvalue weighted by molar-refractivity contribution is -0.177. The van der Waals surface area contributed by atoms with Gasteiger partial charge in [0.05, 0.1) is 6.04 Å². The van der Waals surface area contributed by atoms with Crippen LogP contribution < -0.4 is 0 Å². The van der Waals surface area contributed by atoms with Gasteiger partial charge in [-0.2, -0.15) is 0 Å². The average molecular weight is 273 g/mol. The Balaban J connectivity index is 1.95. The van der Waals surface area contributed by atoms with Crippen LogP contribution in [0.4, 0.5) is 0 Å². The molecule has 1 aliphatic carbocycles. The first kappa shape index (κ1) is 13.3. The molecule has 1 aliphatic heterocycles. The van der Waals surface area contributed by atoms with E-state index in [0.29, 0.717) is 6.42 Å². The van der Waals surface area contributed by atoms with E-state index >= 15 is 0 Å². The number of imide groups is 1. The summed E-state index contributed by atoms with van der Waals surface area (Å²) < 4.78 is 0. The summed E-state index contributed by atoms with van der Waals surface area (Å²) in [6.45, 7) is 3.97. The zero-order valence-electron chi connectivity index (χ0n) is 11.8. The Morgan fingerprint density at radius 3 is 2.20 bits per heavy atom. The number of aliphatic hydroxyl groups is 1. The number of nitrogens with zero attached hydrogens (tertiary/aromatic N) is 1. The van der Waals surface area contributed by atoms with Crippen LogP contribution in [0.15, 0.2) is 24.3 Å². The fourth-order valence-electron chi connectivity index (χ4n) is 3.54. The van der Waals surface area contributed by atoms with Gasteiger partial charge in [-0.15, -0.1) is 0 Å². The minimum Gasteiger partial charge on any atom is -0.383 e. The highest BCUT2D eigenvalue weighted by atomic mass is 16.3. The lowest BCUT2D eigenvalue weighted by Gasteiger charge is -2.53. The summed E-state index contributed by atoms with van der Waals surface area (Å²) in [4.78, 5) is 25.2. The quantitative estimate of drug-likeness (QED) is 0.835. The fourth-order valence-corrected chi connectivity index (χ4v) is 3.54. The van der Waals surface area contributed by atoms with Crippen LogP contribution in [0.2, 0.25) is 0 Å². The van der Waals surface area contributed by atoms with Gasteiger partial charge < -0.3 is 5.11 Å². The molecule has 20 heavy (non-hydrogen) atoms. The highest BCUT2D eigenvalue weighted by Crippen LogP contribution is 2.49. The van der Waals surface area contributed by atoms with E-state index in [4.69, 9.17) is 0 Å². The highest BCUT2D eigenvalue weighted by Gasteiger charge is 2.58. The van der Waals surface area contributed by atoms with Gasteiger partial charge in [-0.25, -0.2) is 0 Å². The maximum atomic E-state index is 11.9. The second kappa shape index (κ2) is 4.42. The van der Waals surface area contributed by atoms with Crippen LogP contribution in [0, 0.1) is 12.8 Å². The predicted molar refractivity (Wildman–Crippen MR) is 73.7 cm³/mol. The summed E-state index contributed by atoms with van der Waals surface area (Å²) in [5.74, 6) is -0.179. The van der Waals surface area contributed by atoms with Crippen LogP contribution in [0.25, 0.3) is 0 Å². The molecule has 4 nitrogen and oxygen atoms in total. The SMILES string of the molecule is Cc1ccc(C2(O)CC(C)C2N2C(=O)CCC2=O)cc1. The van der Waals surface area contributed by atoms with Crippen LogP contribution in [0.1, 0.15) is 37.3 Å². The van der Waals surface area contributed by atoms with Crippen molar-refractivity contribution in [3.05, 3.63) is 35.4 Å². The number of hydrogen-bond donors (Lipinski definition) is 1. The Kier molecular flexibility index (Phi) is 2.94. The smallest absolute Gasteiger partial charge is 0.230 e. The van der Waals surface area contributed by atoms with Gasteiger partial charge in [-0.1, -0.05) is 36.8 Å². The van der Waals surface area contributed by atoms with Crippen molar-refractivity contribution < 1.29 is 14.7 Å². The monoisotopic (exact) mass is 273 g/mol. The normalized spacial score (nSPS) is 33.5.